The summed E-state index contributed by atoms with van der Waals surface area (Å²) in [5.74, 6) is 0.857. The molecule has 0 radical (unpaired) electrons. The van der Waals surface area contributed by atoms with Gasteiger partial charge in [-0.3, -0.25) is 0 Å². The van der Waals surface area contributed by atoms with Crippen LogP contribution in [0.5, 0.6) is 0 Å². The van der Waals surface area contributed by atoms with E-state index in [2.05, 4.69) is 222 Å². The molecule has 7 aromatic carbocycles. The van der Waals surface area contributed by atoms with Crippen molar-refractivity contribution < 1.29 is 0 Å². The Hall–Kier alpha value is -6.98. The molecule has 64 heavy (non-hydrogen) atoms. The van der Waals surface area contributed by atoms with Crippen LogP contribution < -0.4 is 0 Å². The van der Waals surface area contributed by atoms with Crippen LogP contribution in [0.4, 0.5) is 0 Å². The average Bonchev–Trinajstić information content (AvgIpc) is 3.88. The highest BCUT2D eigenvalue weighted by Crippen LogP contribution is 2.35. The summed E-state index contributed by atoms with van der Waals surface area (Å²) in [5.41, 5.74) is 21.4. The molecule has 0 bridgehead atoms. The molecule has 0 spiro atoms. The summed E-state index contributed by atoms with van der Waals surface area (Å²) in [6.07, 6.45) is 12.8. The van der Waals surface area contributed by atoms with Crippen LogP contribution in [0, 0.1) is 6.92 Å². The first-order chi connectivity index (χ1) is 29.8. The van der Waals surface area contributed by atoms with Gasteiger partial charge in [0.15, 0.2) is 0 Å². The quantitative estimate of drug-likeness (QED) is 0.0899. The molecule has 1 aliphatic rings. The van der Waals surface area contributed by atoms with Gasteiger partial charge in [0.25, 0.3) is 0 Å². The maximum absolute atomic E-state index is 4.27. The minimum absolute atomic E-state index is 0. The first-order valence-corrected chi connectivity index (χ1v) is 21.6. The molecule has 0 saturated heterocycles. The average molecular weight is 839 g/mol. The van der Waals surface area contributed by atoms with Crippen molar-refractivity contribution in [1.29, 1.82) is 0 Å². The van der Waals surface area contributed by atoms with Crippen molar-refractivity contribution in [2.45, 2.75) is 75.7 Å². The van der Waals surface area contributed by atoms with Crippen molar-refractivity contribution in [3.8, 4) is 22.3 Å². The van der Waals surface area contributed by atoms with E-state index in [0.717, 1.165) is 22.3 Å². The van der Waals surface area contributed by atoms with E-state index >= 15 is 0 Å². The van der Waals surface area contributed by atoms with Crippen LogP contribution in [0.3, 0.4) is 0 Å². The van der Waals surface area contributed by atoms with Gasteiger partial charge in [0.2, 0.25) is 0 Å². The van der Waals surface area contributed by atoms with E-state index in [4.69, 9.17) is 0 Å². The molecule has 0 N–H and O–H groups in total. The van der Waals surface area contributed by atoms with Crippen molar-refractivity contribution in [1.82, 2.24) is 0 Å². The molecule has 0 heterocycles. The third-order valence-corrected chi connectivity index (χ3v) is 10.9. The summed E-state index contributed by atoms with van der Waals surface area (Å²) in [6, 6.07) is 65.0. The molecule has 0 saturated carbocycles. The van der Waals surface area contributed by atoms with Crippen LogP contribution in [0.1, 0.15) is 113 Å². The van der Waals surface area contributed by atoms with Gasteiger partial charge in [-0.1, -0.05) is 264 Å². The van der Waals surface area contributed by atoms with Gasteiger partial charge in [0.05, 0.1) is 0 Å². The van der Waals surface area contributed by atoms with Gasteiger partial charge in [-0.15, -0.1) is 5.73 Å². The van der Waals surface area contributed by atoms with E-state index < -0.39 is 0 Å². The minimum atomic E-state index is 0. The second-order valence-corrected chi connectivity index (χ2v) is 15.5. The molecule has 1 unspecified atom stereocenters. The topological polar surface area (TPSA) is 0 Å². The lowest BCUT2D eigenvalue weighted by atomic mass is 9.87. The third kappa shape index (κ3) is 13.8. The molecule has 0 heteroatoms. The van der Waals surface area contributed by atoms with Gasteiger partial charge in [0, 0.05) is 5.57 Å². The van der Waals surface area contributed by atoms with Crippen LogP contribution >= 0.6 is 0 Å². The summed E-state index contributed by atoms with van der Waals surface area (Å²) in [5, 5.41) is 0. The molecule has 326 valence electrons. The van der Waals surface area contributed by atoms with Crippen LogP contribution in [0.25, 0.3) is 45.0 Å². The SMILES string of the molecule is C.C.C.C=C(/C=C\c1ccc(/C(=C/C(C)c2ccc(C3=C=CC=C3)cc2)c2cc(-c3ccc(-c4ccccc4)cc3)ccc2C)cc1)c1ccccc1.CC.CC(C)c1ccccc1. The number of allylic oxidation sites excluding steroid dienone is 6. The van der Waals surface area contributed by atoms with Crippen molar-refractivity contribution >= 4 is 22.8 Å². The van der Waals surface area contributed by atoms with Crippen molar-refractivity contribution in [2.24, 2.45) is 0 Å². The van der Waals surface area contributed by atoms with E-state index in [1.165, 1.54) is 61.2 Å². The Bertz CT molecular complexity index is 2630. The second kappa shape index (κ2) is 25.8. The maximum Gasteiger partial charge on any atom is 0.0237 e. The lowest BCUT2D eigenvalue weighted by Gasteiger charge is -2.17. The van der Waals surface area contributed by atoms with Crippen LogP contribution in [0.2, 0.25) is 0 Å². The van der Waals surface area contributed by atoms with Gasteiger partial charge in [0.1, 0.15) is 0 Å². The zero-order valence-corrected chi connectivity index (χ0v) is 36.6. The number of hydrogen-bond donors (Lipinski definition) is 0. The highest BCUT2D eigenvalue weighted by Gasteiger charge is 2.14. The van der Waals surface area contributed by atoms with E-state index in [-0.39, 0.29) is 28.2 Å². The largest absolute Gasteiger partial charge is 0.112 e. The first kappa shape index (κ1) is 51.4. The Morgan fingerprint density at radius 3 is 1.59 bits per heavy atom. The van der Waals surface area contributed by atoms with Gasteiger partial charge in [-0.25, -0.2) is 0 Å². The van der Waals surface area contributed by atoms with Gasteiger partial charge < -0.3 is 0 Å². The lowest BCUT2D eigenvalue weighted by molar-refractivity contribution is 0.867. The van der Waals surface area contributed by atoms with Gasteiger partial charge in [-0.05, 0) is 115 Å². The molecule has 0 aliphatic heterocycles. The number of benzene rings is 7. The molecule has 0 fully saturated rings. The third-order valence-electron chi connectivity index (χ3n) is 10.9. The molecule has 1 atom stereocenters. The smallest absolute Gasteiger partial charge is 0.0237 e. The molecule has 1 aliphatic carbocycles. The second-order valence-electron chi connectivity index (χ2n) is 15.5. The zero-order chi connectivity index (χ0) is 43.0. The fourth-order valence-electron chi connectivity index (χ4n) is 7.30. The summed E-state index contributed by atoms with van der Waals surface area (Å²) >= 11 is 0. The Balaban J connectivity index is 0.000000690. The standard InChI is InChI=1S/C50H40.C9H12.C2H6.3CH4/c1-36(40-12-6-4-7-13-40)18-20-39-21-24-47(25-22-39)50(34-38(3)41-26-28-44(29-27-41)43-16-10-11-17-43)49-35-48(23-19-37(49)2)46-32-30-45(31-33-46)42-14-8-5-9-15-42;1-8(2)9-6-4-3-5-7-9;1-2;;;/h4-16,18-35,38H,1H2,2-3H3;3-8H,1-2H3;1-2H3;3*1H4/b20-18-,50-34-;;;;;. The first-order valence-electron chi connectivity index (χ1n) is 21.6. The Labute approximate surface area is 388 Å². The van der Waals surface area contributed by atoms with E-state index in [0.29, 0.717) is 5.92 Å². The normalized spacial score (nSPS) is 11.7. The molecule has 0 aromatic heterocycles. The molecular formula is C64H70. The zero-order valence-electron chi connectivity index (χ0n) is 36.6. The van der Waals surface area contributed by atoms with E-state index in [1.54, 1.807) is 0 Å². The summed E-state index contributed by atoms with van der Waals surface area (Å²) in [4.78, 5) is 0. The fraction of sp³-hybridized carbons (Fsp3) is 0.172. The highest BCUT2D eigenvalue weighted by atomic mass is 14.2. The van der Waals surface area contributed by atoms with Gasteiger partial charge in [-0.2, -0.15) is 0 Å². The minimum Gasteiger partial charge on any atom is -0.112 e. The van der Waals surface area contributed by atoms with Crippen molar-refractivity contribution in [3.63, 3.8) is 0 Å². The predicted octanol–water partition coefficient (Wildman–Crippen LogP) is 19.1. The summed E-state index contributed by atoms with van der Waals surface area (Å²) in [6.45, 7) is 17.2. The summed E-state index contributed by atoms with van der Waals surface area (Å²) < 4.78 is 0. The molecule has 7 aromatic rings. The van der Waals surface area contributed by atoms with Crippen LogP contribution in [-0.2, 0) is 0 Å². The number of hydrogen-bond acceptors (Lipinski definition) is 0. The van der Waals surface area contributed by atoms with Crippen molar-refractivity contribution in [3.05, 3.63) is 269 Å². The van der Waals surface area contributed by atoms with Crippen LogP contribution in [0.15, 0.2) is 225 Å². The Morgan fingerprint density at radius 1 is 0.531 bits per heavy atom. The van der Waals surface area contributed by atoms with Gasteiger partial charge >= 0.3 is 0 Å². The van der Waals surface area contributed by atoms with E-state index in [1.807, 2.05) is 50.3 Å². The maximum atomic E-state index is 4.27. The molecule has 0 amide bonds. The Morgan fingerprint density at radius 2 is 1.05 bits per heavy atom. The highest BCUT2D eigenvalue weighted by molar-refractivity contribution is 5.85. The molecular weight excluding hydrogens is 769 g/mol. The summed E-state index contributed by atoms with van der Waals surface area (Å²) in [7, 11) is 0. The molecule has 0 nitrogen and oxygen atoms in total. The number of aryl methyl sites for hydroxylation is 1. The fourth-order valence-corrected chi connectivity index (χ4v) is 7.30. The van der Waals surface area contributed by atoms with Crippen molar-refractivity contribution in [2.75, 3.05) is 0 Å². The number of rotatable bonds is 11. The van der Waals surface area contributed by atoms with E-state index in [9.17, 15) is 0 Å². The molecule has 8 rings (SSSR count). The lowest BCUT2D eigenvalue weighted by Crippen LogP contribution is -1.97. The predicted molar refractivity (Wildman–Crippen MR) is 288 cm³/mol. The Kier molecular flexibility index (Phi) is 20.7. The van der Waals surface area contributed by atoms with Crippen LogP contribution in [-0.4, -0.2) is 0 Å². The monoisotopic (exact) mass is 839 g/mol.